The van der Waals surface area contributed by atoms with Crippen molar-refractivity contribution in [2.45, 2.75) is 45.2 Å². The summed E-state index contributed by atoms with van der Waals surface area (Å²) in [5.74, 6) is 0.838. The number of aryl methyl sites for hydroxylation is 1. The molecule has 130 valence electrons. The largest absolute Gasteiger partial charge is 0.359 e. The number of nitrogens with one attached hydrogen (secondary N) is 1. The van der Waals surface area contributed by atoms with Gasteiger partial charge in [-0.1, -0.05) is 17.6 Å². The van der Waals surface area contributed by atoms with Gasteiger partial charge >= 0.3 is 0 Å². The molecule has 1 aliphatic carbocycles. The molecule has 3 aromatic rings. The van der Waals surface area contributed by atoms with Gasteiger partial charge in [0, 0.05) is 24.5 Å². The van der Waals surface area contributed by atoms with Crippen LogP contribution >= 0.6 is 0 Å². The first-order valence-corrected chi connectivity index (χ1v) is 8.90. The van der Waals surface area contributed by atoms with Crippen molar-refractivity contribution in [2.75, 3.05) is 7.05 Å². The maximum absolute atomic E-state index is 5.48. The third-order valence-electron chi connectivity index (χ3n) is 4.72. The first-order chi connectivity index (χ1) is 12.3. The van der Waals surface area contributed by atoms with Gasteiger partial charge in [-0.2, -0.15) is 5.10 Å². The molecule has 0 radical (unpaired) electrons. The summed E-state index contributed by atoms with van der Waals surface area (Å²) in [4.78, 5) is 6.52. The quantitative estimate of drug-likeness (QED) is 0.723. The van der Waals surface area contributed by atoms with Crippen molar-refractivity contribution in [2.24, 2.45) is 0 Å². The van der Waals surface area contributed by atoms with E-state index < -0.39 is 0 Å². The van der Waals surface area contributed by atoms with Crippen LogP contribution in [0.1, 0.15) is 42.0 Å². The van der Waals surface area contributed by atoms with Crippen molar-refractivity contribution in [3.63, 3.8) is 0 Å². The van der Waals surface area contributed by atoms with Gasteiger partial charge in [0.25, 0.3) is 0 Å². The number of aromatic nitrogens is 4. The number of fused-ring (bicyclic) bond motifs is 1. The summed E-state index contributed by atoms with van der Waals surface area (Å²) in [7, 11) is 2.08. The van der Waals surface area contributed by atoms with Crippen LogP contribution in [-0.4, -0.2) is 32.3 Å². The number of rotatable bonds is 5. The minimum atomic E-state index is 0.696. The van der Waals surface area contributed by atoms with Crippen LogP contribution in [-0.2, 0) is 25.9 Å². The molecule has 0 aromatic carbocycles. The van der Waals surface area contributed by atoms with Crippen LogP contribution in [0.4, 0.5) is 0 Å². The van der Waals surface area contributed by atoms with E-state index in [1.54, 1.807) is 6.20 Å². The van der Waals surface area contributed by atoms with Crippen LogP contribution in [0.15, 0.2) is 35.0 Å². The smallest absolute Gasteiger partial charge is 0.151 e. The van der Waals surface area contributed by atoms with E-state index in [9.17, 15) is 0 Å². The number of hydrogen-bond acceptors (Lipinski definition) is 5. The second-order valence-corrected chi connectivity index (χ2v) is 6.75. The summed E-state index contributed by atoms with van der Waals surface area (Å²) in [5.41, 5.74) is 5.54. The first kappa shape index (κ1) is 16.0. The Morgan fingerprint density at radius 3 is 2.92 bits per heavy atom. The fourth-order valence-electron chi connectivity index (χ4n) is 3.46. The Bertz CT molecular complexity index is 823. The van der Waals surface area contributed by atoms with Gasteiger partial charge in [0.05, 0.1) is 17.9 Å². The Hall–Kier alpha value is -2.47. The average molecular weight is 337 g/mol. The molecule has 0 saturated heterocycles. The van der Waals surface area contributed by atoms with Gasteiger partial charge in [-0.25, -0.2) is 0 Å². The Labute approximate surface area is 147 Å². The summed E-state index contributed by atoms with van der Waals surface area (Å²) in [6, 6.07) is 7.74. The highest BCUT2D eigenvalue weighted by Crippen LogP contribution is 2.23. The van der Waals surface area contributed by atoms with Crippen molar-refractivity contribution in [3.8, 4) is 11.4 Å². The average Bonchev–Trinajstić information content (AvgIpc) is 3.16. The van der Waals surface area contributed by atoms with E-state index >= 15 is 0 Å². The van der Waals surface area contributed by atoms with E-state index in [0.29, 0.717) is 6.54 Å². The molecule has 3 heterocycles. The summed E-state index contributed by atoms with van der Waals surface area (Å²) in [5, 5.41) is 11.9. The van der Waals surface area contributed by atoms with Gasteiger partial charge in [-0.15, -0.1) is 0 Å². The number of hydrogen-bond donors (Lipinski definition) is 1. The normalized spacial score (nSPS) is 14.5. The van der Waals surface area contributed by atoms with Crippen molar-refractivity contribution in [1.29, 1.82) is 0 Å². The summed E-state index contributed by atoms with van der Waals surface area (Å²) < 4.78 is 5.48. The Kier molecular flexibility index (Phi) is 4.61. The molecule has 1 aliphatic rings. The van der Waals surface area contributed by atoms with E-state index in [-0.39, 0.29) is 0 Å². The molecule has 1 N–H and O–H groups in total. The molecule has 0 fully saturated rings. The van der Waals surface area contributed by atoms with Gasteiger partial charge in [0.1, 0.15) is 5.69 Å². The highest BCUT2D eigenvalue weighted by atomic mass is 16.5. The maximum Gasteiger partial charge on any atom is 0.151 e. The van der Waals surface area contributed by atoms with Crippen LogP contribution in [0.5, 0.6) is 0 Å². The minimum Gasteiger partial charge on any atom is -0.359 e. The van der Waals surface area contributed by atoms with E-state index in [2.05, 4.69) is 32.3 Å². The number of pyridine rings is 1. The molecule has 0 saturated carbocycles. The molecule has 0 bridgehead atoms. The van der Waals surface area contributed by atoms with Crippen molar-refractivity contribution >= 4 is 0 Å². The highest BCUT2D eigenvalue weighted by molar-refractivity contribution is 5.52. The summed E-state index contributed by atoms with van der Waals surface area (Å²) in [6.45, 7) is 1.51. The van der Waals surface area contributed by atoms with E-state index in [1.165, 1.54) is 36.2 Å². The zero-order valence-electron chi connectivity index (χ0n) is 14.5. The standard InChI is InChI=1S/C19H23N5O/c1-24(13-19-15-7-3-2-4-8-16(15)21-22-19)12-14-11-18(23-25-14)17-9-5-6-10-20-17/h5-6,9-11H,2-4,7-8,12-13H2,1H3,(H,21,22). The van der Waals surface area contributed by atoms with Gasteiger partial charge in [0.15, 0.2) is 5.76 Å². The molecule has 0 amide bonds. The number of H-pyrrole nitrogens is 1. The lowest BCUT2D eigenvalue weighted by atomic mass is 10.1. The van der Waals surface area contributed by atoms with E-state index in [0.717, 1.165) is 36.5 Å². The Morgan fingerprint density at radius 2 is 2.04 bits per heavy atom. The molecule has 0 unspecified atom stereocenters. The topological polar surface area (TPSA) is 70.8 Å². The zero-order chi connectivity index (χ0) is 17.1. The lowest BCUT2D eigenvalue weighted by molar-refractivity contribution is 0.264. The molecular weight excluding hydrogens is 314 g/mol. The predicted octanol–water partition coefficient (Wildman–Crippen LogP) is 3.36. The lowest BCUT2D eigenvalue weighted by Gasteiger charge is -2.14. The molecule has 4 rings (SSSR count). The highest BCUT2D eigenvalue weighted by Gasteiger charge is 2.17. The second-order valence-electron chi connectivity index (χ2n) is 6.75. The summed E-state index contributed by atoms with van der Waals surface area (Å²) in [6.07, 6.45) is 7.87. The molecule has 6 nitrogen and oxygen atoms in total. The molecule has 6 heteroatoms. The number of nitrogens with zero attached hydrogens (tertiary/aromatic N) is 4. The first-order valence-electron chi connectivity index (χ1n) is 8.90. The van der Waals surface area contributed by atoms with Crippen LogP contribution in [0.2, 0.25) is 0 Å². The second kappa shape index (κ2) is 7.19. The molecule has 25 heavy (non-hydrogen) atoms. The van der Waals surface area contributed by atoms with Crippen LogP contribution in [0, 0.1) is 0 Å². The van der Waals surface area contributed by atoms with Gasteiger partial charge in [0.2, 0.25) is 0 Å². The summed E-state index contributed by atoms with van der Waals surface area (Å²) >= 11 is 0. The maximum atomic E-state index is 5.48. The van der Waals surface area contributed by atoms with Crippen molar-refractivity contribution < 1.29 is 4.52 Å². The van der Waals surface area contributed by atoms with Crippen LogP contribution in [0.25, 0.3) is 11.4 Å². The van der Waals surface area contributed by atoms with Gasteiger partial charge in [-0.05, 0) is 50.4 Å². The molecule has 0 aliphatic heterocycles. The Balaban J connectivity index is 1.42. The molecule has 0 spiro atoms. The van der Waals surface area contributed by atoms with Crippen molar-refractivity contribution in [3.05, 3.63) is 53.2 Å². The van der Waals surface area contributed by atoms with Gasteiger partial charge in [-0.3, -0.25) is 15.0 Å². The van der Waals surface area contributed by atoms with Crippen LogP contribution < -0.4 is 0 Å². The van der Waals surface area contributed by atoms with Crippen LogP contribution in [0.3, 0.4) is 0 Å². The number of aromatic amines is 1. The zero-order valence-corrected chi connectivity index (χ0v) is 14.5. The van der Waals surface area contributed by atoms with E-state index in [1.807, 2.05) is 24.3 Å². The lowest BCUT2D eigenvalue weighted by Crippen LogP contribution is -2.18. The molecular formula is C19H23N5O. The predicted molar refractivity (Wildman–Crippen MR) is 94.8 cm³/mol. The fraction of sp³-hybridized carbons (Fsp3) is 0.421. The molecule has 3 aromatic heterocycles. The fourth-order valence-corrected chi connectivity index (χ4v) is 3.46. The monoisotopic (exact) mass is 337 g/mol. The minimum absolute atomic E-state index is 0.696. The molecule has 0 atom stereocenters. The van der Waals surface area contributed by atoms with E-state index in [4.69, 9.17) is 4.52 Å². The third-order valence-corrected chi connectivity index (χ3v) is 4.72. The van der Waals surface area contributed by atoms with Gasteiger partial charge < -0.3 is 4.52 Å². The Morgan fingerprint density at radius 1 is 1.12 bits per heavy atom. The SMILES string of the molecule is CN(Cc1cc(-c2ccccn2)no1)Cc1n[nH]c2c1CCCCC2. The third kappa shape index (κ3) is 3.64. The van der Waals surface area contributed by atoms with Crippen molar-refractivity contribution in [1.82, 2.24) is 25.2 Å².